The first kappa shape index (κ1) is 20.6. The number of rotatable bonds is 5. The molecule has 7 nitrogen and oxygen atoms in total. The Bertz CT molecular complexity index is 1220. The molecule has 0 aliphatic heterocycles. The van der Waals surface area contributed by atoms with Crippen molar-refractivity contribution in [1.29, 1.82) is 5.26 Å². The zero-order valence-electron chi connectivity index (χ0n) is 16.6. The number of nitrogens with one attached hydrogen (secondary N) is 2. The van der Waals surface area contributed by atoms with Crippen molar-refractivity contribution in [2.24, 2.45) is 0 Å². The summed E-state index contributed by atoms with van der Waals surface area (Å²) >= 11 is 1.45. The summed E-state index contributed by atoms with van der Waals surface area (Å²) in [6.07, 6.45) is 2.74. The maximum absolute atomic E-state index is 13.4. The Labute approximate surface area is 182 Å². The monoisotopic (exact) mass is 435 g/mol. The highest BCUT2D eigenvalue weighted by atomic mass is 32.1. The van der Waals surface area contributed by atoms with Crippen molar-refractivity contribution in [3.63, 3.8) is 0 Å². The van der Waals surface area contributed by atoms with E-state index in [0.29, 0.717) is 10.4 Å². The van der Waals surface area contributed by atoms with E-state index in [1.807, 2.05) is 6.07 Å². The van der Waals surface area contributed by atoms with Crippen LogP contribution in [-0.2, 0) is 13.0 Å². The second-order valence-electron chi connectivity index (χ2n) is 7.22. The molecule has 1 aliphatic rings. The van der Waals surface area contributed by atoms with Gasteiger partial charge in [-0.3, -0.25) is 9.59 Å². The molecule has 0 bridgehead atoms. The van der Waals surface area contributed by atoms with Gasteiger partial charge in [-0.1, -0.05) is 12.1 Å². The average Bonchev–Trinajstić information content (AvgIpc) is 3.35. The molecular weight excluding hydrogens is 417 g/mol. The summed E-state index contributed by atoms with van der Waals surface area (Å²) in [6.45, 7) is 1.86. The Morgan fingerprint density at radius 1 is 1.23 bits per heavy atom. The molecule has 0 spiro atoms. The van der Waals surface area contributed by atoms with Crippen LogP contribution in [0.1, 0.15) is 59.9 Å². The minimum atomic E-state index is -0.460. The number of fused-ring (bicyclic) bond motifs is 1. The maximum atomic E-state index is 13.4. The summed E-state index contributed by atoms with van der Waals surface area (Å²) in [5, 5.41) is 14.7. The third-order valence-corrected chi connectivity index (χ3v) is 6.22. The molecule has 2 aromatic heterocycles. The first-order valence-corrected chi connectivity index (χ1v) is 10.4. The van der Waals surface area contributed by atoms with Crippen molar-refractivity contribution < 1.29 is 14.0 Å². The van der Waals surface area contributed by atoms with Crippen LogP contribution in [0.2, 0.25) is 0 Å². The molecule has 1 aliphatic carbocycles. The summed E-state index contributed by atoms with van der Waals surface area (Å²) in [5.74, 6) is -1.17. The molecule has 1 unspecified atom stereocenters. The standard InChI is InChI=1S/C22H18FN5O2S/c1-12-6-13(2-3-16(12)23)10-25-21(29)18-8-19(27-11-26-18)22(30)28-17-4-5-20-15(17)7-14(9-24)31-20/h2-3,6-8,11,17H,4-5,10H2,1H3,(H,25,29)(H,28,30). The van der Waals surface area contributed by atoms with Crippen LogP contribution in [0.3, 0.4) is 0 Å². The van der Waals surface area contributed by atoms with Gasteiger partial charge in [0.1, 0.15) is 34.5 Å². The molecule has 0 saturated carbocycles. The third kappa shape index (κ3) is 4.44. The fraction of sp³-hybridized carbons (Fsp3) is 0.227. The van der Waals surface area contributed by atoms with Gasteiger partial charge in [0, 0.05) is 17.5 Å². The molecule has 2 heterocycles. The second-order valence-corrected chi connectivity index (χ2v) is 8.36. The van der Waals surface area contributed by atoms with Gasteiger partial charge in [0.15, 0.2) is 0 Å². The maximum Gasteiger partial charge on any atom is 0.270 e. The number of aryl methyl sites for hydroxylation is 2. The van der Waals surface area contributed by atoms with Crippen molar-refractivity contribution in [2.75, 3.05) is 0 Å². The van der Waals surface area contributed by atoms with Crippen LogP contribution >= 0.6 is 11.3 Å². The highest BCUT2D eigenvalue weighted by Gasteiger charge is 2.27. The minimum Gasteiger partial charge on any atom is -0.347 e. The van der Waals surface area contributed by atoms with Crippen molar-refractivity contribution in [3.8, 4) is 6.07 Å². The number of hydrogen-bond donors (Lipinski definition) is 2. The van der Waals surface area contributed by atoms with E-state index in [9.17, 15) is 14.0 Å². The quantitative estimate of drug-likeness (QED) is 0.640. The van der Waals surface area contributed by atoms with Gasteiger partial charge in [0.05, 0.1) is 6.04 Å². The molecule has 0 radical (unpaired) electrons. The Balaban J connectivity index is 1.41. The fourth-order valence-corrected chi connectivity index (χ4v) is 4.53. The van der Waals surface area contributed by atoms with Crippen molar-refractivity contribution in [3.05, 3.63) is 80.3 Å². The smallest absolute Gasteiger partial charge is 0.270 e. The summed E-state index contributed by atoms with van der Waals surface area (Å²) in [6, 6.07) is 9.71. The first-order valence-electron chi connectivity index (χ1n) is 9.63. The number of benzene rings is 1. The van der Waals surface area contributed by atoms with E-state index in [-0.39, 0.29) is 29.8 Å². The SMILES string of the molecule is Cc1cc(CNC(=O)c2cc(C(=O)NC3CCc4sc(C#N)cc43)ncn2)ccc1F. The number of aromatic nitrogens is 2. The van der Waals surface area contributed by atoms with Crippen LogP contribution in [0.4, 0.5) is 4.39 Å². The third-order valence-electron chi connectivity index (χ3n) is 5.10. The lowest BCUT2D eigenvalue weighted by molar-refractivity contribution is 0.0931. The molecule has 4 rings (SSSR count). The Kier molecular flexibility index (Phi) is 5.73. The predicted molar refractivity (Wildman–Crippen MR) is 112 cm³/mol. The van der Waals surface area contributed by atoms with Crippen LogP contribution in [0, 0.1) is 24.1 Å². The zero-order chi connectivity index (χ0) is 22.0. The van der Waals surface area contributed by atoms with Crippen molar-refractivity contribution in [2.45, 2.75) is 32.4 Å². The van der Waals surface area contributed by atoms with E-state index in [1.54, 1.807) is 19.1 Å². The number of carbonyl (C=O) groups is 2. The molecule has 1 atom stereocenters. The molecule has 9 heteroatoms. The number of nitriles is 1. The molecule has 0 saturated heterocycles. The van der Waals surface area contributed by atoms with E-state index in [1.165, 1.54) is 29.8 Å². The summed E-state index contributed by atoms with van der Waals surface area (Å²) in [7, 11) is 0. The average molecular weight is 435 g/mol. The Hall–Kier alpha value is -3.64. The number of thiophene rings is 1. The van der Waals surface area contributed by atoms with Crippen LogP contribution in [0.5, 0.6) is 0 Å². The minimum absolute atomic E-state index is 0.0633. The van der Waals surface area contributed by atoms with E-state index in [0.717, 1.165) is 28.8 Å². The van der Waals surface area contributed by atoms with E-state index in [4.69, 9.17) is 5.26 Å². The number of amides is 2. The molecule has 156 valence electrons. The second kappa shape index (κ2) is 8.62. The highest BCUT2D eigenvalue weighted by Crippen LogP contribution is 2.37. The van der Waals surface area contributed by atoms with Gasteiger partial charge in [-0.05, 0) is 48.6 Å². The van der Waals surface area contributed by atoms with E-state index in [2.05, 4.69) is 26.7 Å². The van der Waals surface area contributed by atoms with Crippen LogP contribution < -0.4 is 10.6 Å². The zero-order valence-corrected chi connectivity index (χ0v) is 17.4. The van der Waals surface area contributed by atoms with Gasteiger partial charge in [-0.15, -0.1) is 11.3 Å². The largest absolute Gasteiger partial charge is 0.347 e. The number of halogens is 1. The molecule has 0 fully saturated rings. The summed E-state index contributed by atoms with van der Waals surface area (Å²) in [4.78, 5) is 34.8. The lowest BCUT2D eigenvalue weighted by Crippen LogP contribution is -2.29. The normalized spacial score (nSPS) is 14.5. The molecule has 3 aromatic rings. The number of nitrogens with zero attached hydrogens (tertiary/aromatic N) is 3. The molecule has 31 heavy (non-hydrogen) atoms. The van der Waals surface area contributed by atoms with Gasteiger partial charge in [-0.25, -0.2) is 14.4 Å². The Morgan fingerprint density at radius 3 is 2.74 bits per heavy atom. The fourth-order valence-electron chi connectivity index (χ4n) is 3.50. The van der Waals surface area contributed by atoms with Crippen LogP contribution in [0.25, 0.3) is 0 Å². The van der Waals surface area contributed by atoms with E-state index >= 15 is 0 Å². The van der Waals surface area contributed by atoms with Crippen LogP contribution in [-0.4, -0.2) is 21.8 Å². The lowest BCUT2D eigenvalue weighted by atomic mass is 10.1. The number of hydrogen-bond acceptors (Lipinski definition) is 6. The molecule has 2 N–H and O–H groups in total. The van der Waals surface area contributed by atoms with Gasteiger partial charge in [-0.2, -0.15) is 5.26 Å². The van der Waals surface area contributed by atoms with Crippen LogP contribution in [0.15, 0.2) is 36.7 Å². The lowest BCUT2D eigenvalue weighted by Gasteiger charge is -2.13. The summed E-state index contributed by atoms with van der Waals surface area (Å²) < 4.78 is 13.4. The predicted octanol–water partition coefficient (Wildman–Crippen LogP) is 3.20. The first-order chi connectivity index (χ1) is 14.9. The van der Waals surface area contributed by atoms with Gasteiger partial charge >= 0.3 is 0 Å². The van der Waals surface area contributed by atoms with Gasteiger partial charge in [0.2, 0.25) is 0 Å². The van der Waals surface area contributed by atoms with Crippen molar-refractivity contribution >= 4 is 23.2 Å². The molecule has 1 aromatic carbocycles. The highest BCUT2D eigenvalue weighted by molar-refractivity contribution is 7.12. The summed E-state index contributed by atoms with van der Waals surface area (Å²) in [5.41, 5.74) is 2.37. The number of carbonyl (C=O) groups excluding carboxylic acids is 2. The molecule has 2 amide bonds. The topological polar surface area (TPSA) is 108 Å². The van der Waals surface area contributed by atoms with Crippen molar-refractivity contribution in [1.82, 2.24) is 20.6 Å². The Morgan fingerprint density at radius 2 is 2.00 bits per heavy atom. The van der Waals surface area contributed by atoms with Gasteiger partial charge < -0.3 is 10.6 Å². The van der Waals surface area contributed by atoms with E-state index < -0.39 is 11.8 Å². The van der Waals surface area contributed by atoms with Gasteiger partial charge in [0.25, 0.3) is 11.8 Å². The molecular formula is C22H18FN5O2S.